The Morgan fingerprint density at radius 2 is 2.43 bits per heavy atom. The van der Waals surface area contributed by atoms with Gasteiger partial charge in [-0.3, -0.25) is 4.79 Å². The molecule has 0 aromatic heterocycles. The van der Waals surface area contributed by atoms with Gasteiger partial charge in [-0.25, -0.2) is 0 Å². The molecular weight excluding hydrogens is 180 g/mol. The smallest absolute Gasteiger partial charge is 0.147 e. The van der Waals surface area contributed by atoms with Gasteiger partial charge in [0.1, 0.15) is 5.78 Å². The van der Waals surface area contributed by atoms with E-state index in [4.69, 9.17) is 10.5 Å². The van der Waals surface area contributed by atoms with Crippen LogP contribution < -0.4 is 11.1 Å². The number of fused-ring (bicyclic) bond motifs is 1. The van der Waals surface area contributed by atoms with Crippen molar-refractivity contribution in [3.05, 3.63) is 0 Å². The highest BCUT2D eigenvalue weighted by Crippen LogP contribution is 2.39. The Bertz CT molecular complexity index is 257. The number of rotatable bonds is 2. The predicted molar refractivity (Wildman–Crippen MR) is 52.9 cm³/mol. The van der Waals surface area contributed by atoms with Crippen molar-refractivity contribution in [3.8, 4) is 0 Å². The number of ketones is 1. The van der Waals surface area contributed by atoms with E-state index in [9.17, 15) is 4.79 Å². The molecule has 2 rings (SSSR count). The van der Waals surface area contributed by atoms with E-state index in [-0.39, 0.29) is 23.5 Å². The number of hydrogen-bond acceptors (Lipinski definition) is 4. The van der Waals surface area contributed by atoms with E-state index in [1.165, 1.54) is 0 Å². The Kier molecular flexibility index (Phi) is 2.37. The molecule has 14 heavy (non-hydrogen) atoms. The van der Waals surface area contributed by atoms with Crippen molar-refractivity contribution in [1.29, 1.82) is 0 Å². The quantitative estimate of drug-likeness (QED) is 0.637. The molecular formula is C10H18N2O2. The van der Waals surface area contributed by atoms with Gasteiger partial charge in [0.15, 0.2) is 0 Å². The summed E-state index contributed by atoms with van der Waals surface area (Å²) in [6.45, 7) is 4.98. The summed E-state index contributed by atoms with van der Waals surface area (Å²) in [5.41, 5.74) is 5.45. The van der Waals surface area contributed by atoms with Crippen LogP contribution >= 0.6 is 0 Å². The van der Waals surface area contributed by atoms with Gasteiger partial charge in [0.05, 0.1) is 17.7 Å². The molecule has 80 valence electrons. The van der Waals surface area contributed by atoms with Gasteiger partial charge in [-0.1, -0.05) is 0 Å². The summed E-state index contributed by atoms with van der Waals surface area (Å²) in [5, 5.41) is 3.20. The molecule has 3 unspecified atom stereocenters. The van der Waals surface area contributed by atoms with Crippen LogP contribution in [-0.2, 0) is 9.53 Å². The molecule has 2 aliphatic rings. The normalized spacial score (nSPS) is 46.6. The average molecular weight is 198 g/mol. The highest BCUT2D eigenvalue weighted by atomic mass is 16.5. The molecule has 0 radical (unpaired) electrons. The van der Waals surface area contributed by atoms with E-state index in [1.54, 1.807) is 6.92 Å². The minimum atomic E-state index is -0.217. The summed E-state index contributed by atoms with van der Waals surface area (Å²) in [6, 6.07) is -0.0200. The van der Waals surface area contributed by atoms with Gasteiger partial charge in [0, 0.05) is 19.0 Å². The van der Waals surface area contributed by atoms with E-state index in [0.717, 1.165) is 13.0 Å². The highest BCUT2D eigenvalue weighted by molar-refractivity contribution is 5.82. The van der Waals surface area contributed by atoms with Crippen LogP contribution in [0.3, 0.4) is 0 Å². The second kappa shape index (κ2) is 3.29. The Morgan fingerprint density at radius 1 is 1.71 bits per heavy atom. The molecule has 0 aromatic rings. The van der Waals surface area contributed by atoms with Gasteiger partial charge in [-0.05, 0) is 20.3 Å². The second-order valence-electron chi connectivity index (χ2n) is 4.67. The molecule has 4 atom stereocenters. The van der Waals surface area contributed by atoms with Crippen molar-refractivity contribution in [2.75, 3.05) is 13.1 Å². The molecule has 2 heterocycles. The number of nitrogens with one attached hydrogen (secondary N) is 1. The van der Waals surface area contributed by atoms with E-state index >= 15 is 0 Å². The second-order valence-corrected chi connectivity index (χ2v) is 4.67. The maximum absolute atomic E-state index is 11.3. The topological polar surface area (TPSA) is 64.3 Å². The maximum Gasteiger partial charge on any atom is 0.147 e. The fourth-order valence-corrected chi connectivity index (χ4v) is 2.63. The summed E-state index contributed by atoms with van der Waals surface area (Å²) >= 11 is 0. The van der Waals surface area contributed by atoms with Gasteiger partial charge < -0.3 is 15.8 Å². The Labute approximate surface area is 84.2 Å². The van der Waals surface area contributed by atoms with E-state index < -0.39 is 0 Å². The molecule has 0 saturated carbocycles. The highest BCUT2D eigenvalue weighted by Gasteiger charge is 2.50. The van der Waals surface area contributed by atoms with Gasteiger partial charge in [-0.15, -0.1) is 0 Å². The van der Waals surface area contributed by atoms with Crippen LogP contribution in [0.15, 0.2) is 0 Å². The van der Waals surface area contributed by atoms with Crippen molar-refractivity contribution in [2.24, 2.45) is 11.7 Å². The number of carbonyl (C=O) groups excluding carboxylic acids is 1. The monoisotopic (exact) mass is 198 g/mol. The largest absolute Gasteiger partial charge is 0.369 e. The van der Waals surface area contributed by atoms with Crippen LogP contribution in [0.4, 0.5) is 0 Å². The third-order valence-corrected chi connectivity index (χ3v) is 3.42. The van der Waals surface area contributed by atoms with Crippen LogP contribution in [0, 0.1) is 5.92 Å². The van der Waals surface area contributed by atoms with Crippen molar-refractivity contribution in [2.45, 2.75) is 38.0 Å². The first kappa shape index (κ1) is 10.1. The van der Waals surface area contributed by atoms with Crippen molar-refractivity contribution in [1.82, 2.24) is 5.32 Å². The molecule has 4 heteroatoms. The fourth-order valence-electron chi connectivity index (χ4n) is 2.63. The molecule has 0 aromatic carbocycles. The molecule has 4 nitrogen and oxygen atoms in total. The maximum atomic E-state index is 11.3. The van der Waals surface area contributed by atoms with Crippen LogP contribution in [0.5, 0.6) is 0 Å². The van der Waals surface area contributed by atoms with E-state index in [0.29, 0.717) is 12.5 Å². The Balaban J connectivity index is 2.10. The molecule has 0 bridgehead atoms. The summed E-state index contributed by atoms with van der Waals surface area (Å²) < 4.78 is 5.86. The minimum Gasteiger partial charge on any atom is -0.369 e. The fraction of sp³-hybridized carbons (Fsp3) is 0.900. The van der Waals surface area contributed by atoms with Crippen LogP contribution in [0.1, 0.15) is 20.3 Å². The number of nitrogens with two attached hydrogens (primary N) is 1. The average Bonchev–Trinajstić information content (AvgIpc) is 2.60. The first-order chi connectivity index (χ1) is 6.56. The van der Waals surface area contributed by atoms with E-state index in [2.05, 4.69) is 5.32 Å². The zero-order valence-corrected chi connectivity index (χ0v) is 8.75. The number of hydrogen-bond donors (Lipinski definition) is 2. The van der Waals surface area contributed by atoms with Crippen LogP contribution in [0.2, 0.25) is 0 Å². The SMILES string of the molecule is CC(=O)[C@H]1NCC2OC(C)(CN)CC21. The number of Topliss-reactive ketones (excluding diaryl/α,β-unsaturated/α-hetero) is 1. The lowest BCUT2D eigenvalue weighted by atomic mass is 9.88. The standard InChI is InChI=1S/C10H18N2O2/c1-6(13)9-7-3-10(2,5-11)14-8(7)4-12-9/h7-9,12H,3-5,11H2,1-2H3/t7?,8?,9-,10?/m1/s1. The minimum absolute atomic E-state index is 0.0200. The van der Waals surface area contributed by atoms with Crippen molar-refractivity contribution < 1.29 is 9.53 Å². The first-order valence-electron chi connectivity index (χ1n) is 5.17. The zero-order valence-electron chi connectivity index (χ0n) is 8.75. The van der Waals surface area contributed by atoms with Crippen LogP contribution in [-0.4, -0.2) is 36.6 Å². The molecule has 0 amide bonds. The predicted octanol–water partition coefficient (Wildman–Crippen LogP) is -0.330. The van der Waals surface area contributed by atoms with Crippen LogP contribution in [0.25, 0.3) is 0 Å². The van der Waals surface area contributed by atoms with Gasteiger partial charge in [-0.2, -0.15) is 0 Å². The Morgan fingerprint density at radius 3 is 3.00 bits per heavy atom. The lowest BCUT2D eigenvalue weighted by Gasteiger charge is -2.23. The Hall–Kier alpha value is -0.450. The lowest BCUT2D eigenvalue weighted by Crippen LogP contribution is -2.39. The summed E-state index contributed by atoms with van der Waals surface area (Å²) in [6.07, 6.45) is 1.07. The van der Waals surface area contributed by atoms with Gasteiger partial charge in [0.2, 0.25) is 0 Å². The number of carbonyl (C=O) groups is 1. The molecule has 2 fully saturated rings. The summed E-state index contributed by atoms with van der Waals surface area (Å²) in [7, 11) is 0. The molecule has 2 saturated heterocycles. The summed E-state index contributed by atoms with van der Waals surface area (Å²) in [4.78, 5) is 11.3. The van der Waals surface area contributed by atoms with Gasteiger partial charge >= 0.3 is 0 Å². The van der Waals surface area contributed by atoms with Gasteiger partial charge in [0.25, 0.3) is 0 Å². The molecule has 0 aliphatic carbocycles. The molecule has 2 aliphatic heterocycles. The molecule has 0 spiro atoms. The first-order valence-corrected chi connectivity index (χ1v) is 5.17. The van der Waals surface area contributed by atoms with E-state index in [1.807, 2.05) is 6.92 Å². The summed E-state index contributed by atoms with van der Waals surface area (Å²) in [5.74, 6) is 0.531. The van der Waals surface area contributed by atoms with Crippen molar-refractivity contribution in [3.63, 3.8) is 0 Å². The lowest BCUT2D eigenvalue weighted by molar-refractivity contribution is -0.119. The number of ether oxygens (including phenoxy) is 1. The third-order valence-electron chi connectivity index (χ3n) is 3.42. The third kappa shape index (κ3) is 1.47. The molecule has 3 N–H and O–H groups in total. The van der Waals surface area contributed by atoms with Crippen molar-refractivity contribution >= 4 is 5.78 Å². The zero-order chi connectivity index (χ0) is 10.3.